The molecule has 0 saturated heterocycles. The molecule has 3 aromatic heterocycles. The van der Waals surface area contributed by atoms with Crippen molar-refractivity contribution in [3.63, 3.8) is 0 Å². The predicted octanol–water partition coefficient (Wildman–Crippen LogP) is 3.12. The van der Waals surface area contributed by atoms with Crippen LogP contribution in [0.4, 0.5) is 5.82 Å². The van der Waals surface area contributed by atoms with Crippen molar-refractivity contribution in [3.05, 3.63) is 24.5 Å². The topological polar surface area (TPSA) is 96.7 Å². The fourth-order valence-corrected chi connectivity index (χ4v) is 3.88. The lowest BCUT2D eigenvalue weighted by Crippen LogP contribution is -2.16. The molecule has 10 heteroatoms. The van der Waals surface area contributed by atoms with Gasteiger partial charge in [0, 0.05) is 37.2 Å². The smallest absolute Gasteiger partial charge is 0.222 e. The predicted molar refractivity (Wildman–Crippen MR) is 123 cm³/mol. The van der Waals surface area contributed by atoms with E-state index in [9.17, 15) is 4.79 Å². The van der Waals surface area contributed by atoms with Crippen LogP contribution in [0.5, 0.6) is 11.5 Å². The number of hydrogen-bond acceptors (Lipinski definition) is 8. The van der Waals surface area contributed by atoms with Gasteiger partial charge in [-0.1, -0.05) is 0 Å². The van der Waals surface area contributed by atoms with Crippen LogP contribution in [0.2, 0.25) is 0 Å². The van der Waals surface area contributed by atoms with E-state index in [4.69, 9.17) is 23.9 Å². The van der Waals surface area contributed by atoms with Crippen molar-refractivity contribution in [2.45, 2.75) is 11.9 Å². The molecule has 0 atom stereocenters. The van der Waals surface area contributed by atoms with E-state index >= 15 is 0 Å². The molecule has 0 radical (unpaired) electrons. The second-order valence-electron chi connectivity index (χ2n) is 7.18. The zero-order chi connectivity index (χ0) is 22.5. The Morgan fingerprint density at radius 3 is 2.53 bits per heavy atom. The Morgan fingerprint density at radius 2 is 1.81 bits per heavy atom. The molecule has 0 aliphatic carbocycles. The second-order valence-corrected chi connectivity index (χ2v) is 8.01. The van der Waals surface area contributed by atoms with E-state index in [1.54, 1.807) is 6.20 Å². The first-order valence-corrected chi connectivity index (χ1v) is 11.5. The molecule has 32 heavy (non-hydrogen) atoms. The Labute approximate surface area is 190 Å². The molecule has 0 spiro atoms. The molecule has 1 aliphatic rings. The number of fused-ring (bicyclic) bond motifs is 2. The Bertz CT molecular complexity index is 1120. The monoisotopic (exact) mass is 458 g/mol. The summed E-state index contributed by atoms with van der Waals surface area (Å²) >= 11 is 1.52. The Hall–Kier alpha value is -2.82. The van der Waals surface area contributed by atoms with Crippen molar-refractivity contribution < 1.29 is 23.7 Å². The third-order valence-corrected chi connectivity index (χ3v) is 5.52. The summed E-state index contributed by atoms with van der Waals surface area (Å²) in [6.07, 6.45) is 5.68. The maximum absolute atomic E-state index is 11.5. The van der Waals surface area contributed by atoms with Gasteiger partial charge in [-0.05, 0) is 12.3 Å². The maximum atomic E-state index is 11.5. The van der Waals surface area contributed by atoms with Gasteiger partial charge in [0.25, 0.3) is 0 Å². The number of carbonyl (C=O) groups excluding carboxylic acids is 1. The van der Waals surface area contributed by atoms with Crippen molar-refractivity contribution in [2.75, 3.05) is 51.2 Å². The number of amides is 1. The van der Waals surface area contributed by atoms with Crippen molar-refractivity contribution in [1.82, 2.24) is 14.5 Å². The molecule has 9 nitrogen and oxygen atoms in total. The van der Waals surface area contributed by atoms with Crippen LogP contribution in [-0.2, 0) is 21.3 Å². The summed E-state index contributed by atoms with van der Waals surface area (Å²) in [7, 11) is 1.94. The van der Waals surface area contributed by atoms with E-state index in [0.29, 0.717) is 62.7 Å². The molecule has 4 rings (SSSR count). The average Bonchev–Trinajstić information content (AvgIpc) is 3.09. The number of pyridine rings is 2. The lowest BCUT2D eigenvalue weighted by molar-refractivity contribution is -0.114. The highest BCUT2D eigenvalue weighted by Gasteiger charge is 2.22. The van der Waals surface area contributed by atoms with Gasteiger partial charge in [-0.3, -0.25) is 4.79 Å². The summed E-state index contributed by atoms with van der Waals surface area (Å²) in [5.41, 5.74) is 2.43. The van der Waals surface area contributed by atoms with Crippen LogP contribution >= 0.6 is 11.8 Å². The van der Waals surface area contributed by atoms with Crippen LogP contribution < -0.4 is 14.8 Å². The molecule has 1 N–H and O–H groups in total. The van der Waals surface area contributed by atoms with Gasteiger partial charge in [0.2, 0.25) is 5.91 Å². The highest BCUT2D eigenvalue weighted by Crippen LogP contribution is 2.42. The molecule has 0 aromatic carbocycles. The summed E-state index contributed by atoms with van der Waals surface area (Å²) in [5, 5.41) is 4.45. The largest absolute Gasteiger partial charge is 0.487 e. The third-order valence-electron chi connectivity index (χ3n) is 4.89. The van der Waals surface area contributed by atoms with E-state index in [-0.39, 0.29) is 5.91 Å². The fraction of sp³-hybridized carbons (Fsp3) is 0.409. The van der Waals surface area contributed by atoms with Crippen LogP contribution in [0, 0.1) is 0 Å². The molecule has 170 valence electrons. The van der Waals surface area contributed by atoms with Gasteiger partial charge in [0.1, 0.15) is 29.8 Å². The van der Waals surface area contributed by atoms with Crippen LogP contribution in [0.3, 0.4) is 0 Å². The standard InChI is InChI=1S/C22H26N4O5S/c1-14(27)24-19-10-15-16(13-26(2)17(15)12-23-19)21-22-18(11-20(25-21)32-3)30-8-6-28-4-5-29-7-9-31-22/h10-13H,4-9H2,1-3H3,(H,23,24,27). The Balaban J connectivity index is 1.85. The van der Waals surface area contributed by atoms with Gasteiger partial charge in [0.05, 0.1) is 38.1 Å². The first-order valence-electron chi connectivity index (χ1n) is 10.3. The molecule has 1 amide bonds. The second kappa shape index (κ2) is 10.2. The number of carbonyl (C=O) groups is 1. The number of nitrogens with one attached hydrogen (secondary N) is 1. The minimum atomic E-state index is -0.180. The summed E-state index contributed by atoms with van der Waals surface area (Å²) in [6.45, 7) is 4.11. The van der Waals surface area contributed by atoms with Gasteiger partial charge < -0.3 is 28.8 Å². The van der Waals surface area contributed by atoms with Gasteiger partial charge >= 0.3 is 0 Å². The number of hydrogen-bond donors (Lipinski definition) is 1. The Kier molecular flexibility index (Phi) is 7.13. The maximum Gasteiger partial charge on any atom is 0.222 e. The van der Waals surface area contributed by atoms with Gasteiger partial charge in [-0.25, -0.2) is 9.97 Å². The van der Waals surface area contributed by atoms with Crippen molar-refractivity contribution in [1.29, 1.82) is 0 Å². The zero-order valence-corrected chi connectivity index (χ0v) is 19.2. The van der Waals surface area contributed by atoms with E-state index in [1.165, 1.54) is 18.7 Å². The molecular formula is C22H26N4O5S. The molecule has 4 heterocycles. The minimum Gasteiger partial charge on any atom is -0.487 e. The molecule has 0 bridgehead atoms. The molecule has 0 unspecified atom stereocenters. The molecule has 3 aromatic rings. The summed E-state index contributed by atoms with van der Waals surface area (Å²) in [5.74, 6) is 1.46. The van der Waals surface area contributed by atoms with Crippen molar-refractivity contribution in [2.24, 2.45) is 7.05 Å². The average molecular weight is 459 g/mol. The molecule has 1 aliphatic heterocycles. The first-order chi connectivity index (χ1) is 15.6. The van der Waals surface area contributed by atoms with Crippen molar-refractivity contribution >= 4 is 34.4 Å². The number of thioether (sulfide) groups is 1. The number of ether oxygens (including phenoxy) is 4. The summed E-state index contributed by atoms with van der Waals surface area (Å²) < 4.78 is 25.3. The van der Waals surface area contributed by atoms with Crippen LogP contribution in [-0.4, -0.2) is 66.3 Å². The van der Waals surface area contributed by atoms with Gasteiger partial charge in [0.15, 0.2) is 11.5 Å². The number of aromatic nitrogens is 3. The number of nitrogens with zero attached hydrogens (tertiary/aromatic N) is 3. The number of aryl methyl sites for hydroxylation is 1. The Morgan fingerprint density at radius 1 is 1.09 bits per heavy atom. The fourth-order valence-electron chi connectivity index (χ4n) is 3.47. The van der Waals surface area contributed by atoms with Crippen LogP contribution in [0.1, 0.15) is 6.92 Å². The number of anilines is 1. The van der Waals surface area contributed by atoms with Gasteiger partial charge in [-0.15, -0.1) is 11.8 Å². The lowest BCUT2D eigenvalue weighted by Gasteiger charge is -2.18. The normalized spacial score (nSPS) is 15.1. The lowest BCUT2D eigenvalue weighted by atomic mass is 10.1. The van der Waals surface area contributed by atoms with E-state index in [2.05, 4.69) is 10.3 Å². The minimum absolute atomic E-state index is 0.180. The van der Waals surface area contributed by atoms with E-state index in [0.717, 1.165) is 21.5 Å². The SMILES string of the molecule is CSc1cc2c(c(-c3cn(C)c4cnc(NC(C)=O)cc34)n1)OCCOCCOCCO2. The van der Waals surface area contributed by atoms with E-state index in [1.807, 2.05) is 36.2 Å². The molecular weight excluding hydrogens is 432 g/mol. The summed E-state index contributed by atoms with van der Waals surface area (Å²) in [6, 6.07) is 3.73. The summed E-state index contributed by atoms with van der Waals surface area (Å²) in [4.78, 5) is 20.7. The quantitative estimate of drug-likeness (QED) is 0.598. The highest BCUT2D eigenvalue weighted by atomic mass is 32.2. The van der Waals surface area contributed by atoms with Crippen LogP contribution in [0.15, 0.2) is 29.6 Å². The van der Waals surface area contributed by atoms with Crippen molar-refractivity contribution in [3.8, 4) is 22.8 Å². The van der Waals surface area contributed by atoms with E-state index < -0.39 is 0 Å². The molecule has 0 fully saturated rings. The first kappa shape index (κ1) is 22.4. The third kappa shape index (κ3) is 4.98. The van der Waals surface area contributed by atoms with Crippen LogP contribution in [0.25, 0.3) is 22.2 Å². The van der Waals surface area contributed by atoms with Gasteiger partial charge in [-0.2, -0.15) is 0 Å². The zero-order valence-electron chi connectivity index (χ0n) is 18.3. The highest BCUT2D eigenvalue weighted by molar-refractivity contribution is 7.98. The molecule has 0 saturated carbocycles. The number of rotatable bonds is 3.